The summed E-state index contributed by atoms with van der Waals surface area (Å²) >= 11 is 0. The Labute approximate surface area is 118 Å². The van der Waals surface area contributed by atoms with Crippen molar-refractivity contribution in [1.29, 1.82) is 0 Å². The van der Waals surface area contributed by atoms with Crippen LogP contribution in [0.5, 0.6) is 0 Å². The van der Waals surface area contributed by atoms with Gasteiger partial charge in [0.2, 0.25) is 0 Å². The van der Waals surface area contributed by atoms with E-state index in [1.54, 1.807) is 0 Å². The van der Waals surface area contributed by atoms with E-state index in [2.05, 4.69) is 57.0 Å². The molecule has 0 aromatic heterocycles. The molecule has 0 bridgehead atoms. The predicted octanol–water partition coefficient (Wildman–Crippen LogP) is 3.33. The van der Waals surface area contributed by atoms with E-state index in [0.29, 0.717) is 18.4 Å². The normalized spacial score (nSPS) is 26.8. The molecule has 2 rings (SSSR count). The van der Waals surface area contributed by atoms with E-state index in [9.17, 15) is 0 Å². The van der Waals surface area contributed by atoms with Crippen molar-refractivity contribution in [2.75, 3.05) is 20.1 Å². The van der Waals surface area contributed by atoms with Crippen LogP contribution in [0.15, 0.2) is 24.3 Å². The highest BCUT2D eigenvalue weighted by atomic mass is 15.2. The molecule has 1 aromatic rings. The fourth-order valence-corrected chi connectivity index (χ4v) is 3.58. The Morgan fingerprint density at radius 2 is 2.05 bits per heavy atom. The van der Waals surface area contributed by atoms with Gasteiger partial charge in [0.15, 0.2) is 0 Å². The molecule has 2 N–H and O–H groups in total. The Hall–Kier alpha value is -0.860. The van der Waals surface area contributed by atoms with Gasteiger partial charge < -0.3 is 5.73 Å². The third kappa shape index (κ3) is 2.56. The Morgan fingerprint density at radius 3 is 2.68 bits per heavy atom. The van der Waals surface area contributed by atoms with Crippen LogP contribution in [-0.2, 0) is 5.54 Å². The molecule has 0 saturated heterocycles. The highest BCUT2D eigenvalue weighted by Crippen LogP contribution is 2.43. The number of benzene rings is 1. The fourth-order valence-electron chi connectivity index (χ4n) is 3.58. The molecule has 106 valence electrons. The second-order valence-electron chi connectivity index (χ2n) is 6.54. The number of hydrogen-bond donors (Lipinski definition) is 1. The lowest BCUT2D eigenvalue weighted by Crippen LogP contribution is -2.52. The number of fused-ring (bicyclic) bond motifs is 1. The number of nitrogens with two attached hydrogens (primary N) is 1. The first-order valence-electron chi connectivity index (χ1n) is 7.52. The van der Waals surface area contributed by atoms with Crippen molar-refractivity contribution in [3.05, 3.63) is 35.4 Å². The molecule has 0 amide bonds. The number of nitrogens with zero attached hydrogens (tertiary/aromatic N) is 1. The second-order valence-corrected chi connectivity index (χ2v) is 6.54. The van der Waals surface area contributed by atoms with Crippen LogP contribution < -0.4 is 5.73 Å². The van der Waals surface area contributed by atoms with Crippen LogP contribution in [0, 0.1) is 5.92 Å². The maximum absolute atomic E-state index is 6.23. The van der Waals surface area contributed by atoms with Crippen molar-refractivity contribution in [3.63, 3.8) is 0 Å². The molecule has 1 aromatic carbocycles. The molecule has 1 aliphatic carbocycles. The third-order valence-electron chi connectivity index (χ3n) is 4.69. The largest absolute Gasteiger partial charge is 0.328 e. The molecular weight excluding hydrogens is 232 g/mol. The molecular formula is C17H28N2. The SMILES string of the molecule is CC(C)CN(C)C1(CN)CCC(C)c2ccccc21. The first-order chi connectivity index (χ1) is 9.01. The minimum Gasteiger partial charge on any atom is -0.328 e. The summed E-state index contributed by atoms with van der Waals surface area (Å²) in [6.07, 6.45) is 2.40. The van der Waals surface area contributed by atoms with Gasteiger partial charge in [-0.2, -0.15) is 0 Å². The summed E-state index contributed by atoms with van der Waals surface area (Å²) in [5.41, 5.74) is 9.22. The van der Waals surface area contributed by atoms with Crippen LogP contribution in [0.1, 0.15) is 50.7 Å². The summed E-state index contributed by atoms with van der Waals surface area (Å²) in [4.78, 5) is 2.49. The van der Waals surface area contributed by atoms with Gasteiger partial charge >= 0.3 is 0 Å². The standard InChI is InChI=1S/C17H28N2/c1-13(2)11-19(4)17(12-18)10-9-14(3)15-7-5-6-8-16(15)17/h5-8,13-14H,9-12,18H2,1-4H3. The van der Waals surface area contributed by atoms with Gasteiger partial charge in [0, 0.05) is 13.1 Å². The quantitative estimate of drug-likeness (QED) is 0.900. The van der Waals surface area contributed by atoms with Crippen LogP contribution >= 0.6 is 0 Å². The number of hydrogen-bond acceptors (Lipinski definition) is 2. The van der Waals surface area contributed by atoms with E-state index in [4.69, 9.17) is 5.73 Å². The van der Waals surface area contributed by atoms with Gasteiger partial charge in [-0.15, -0.1) is 0 Å². The van der Waals surface area contributed by atoms with Gasteiger partial charge in [-0.05, 0) is 42.9 Å². The van der Waals surface area contributed by atoms with Crippen LogP contribution in [0.4, 0.5) is 0 Å². The van der Waals surface area contributed by atoms with Gasteiger partial charge in [-0.3, -0.25) is 4.90 Å². The summed E-state index contributed by atoms with van der Waals surface area (Å²) in [6, 6.07) is 8.89. The van der Waals surface area contributed by atoms with Crippen molar-refractivity contribution < 1.29 is 0 Å². The zero-order valence-corrected chi connectivity index (χ0v) is 12.8. The smallest absolute Gasteiger partial charge is 0.0584 e. The lowest BCUT2D eigenvalue weighted by Gasteiger charge is -2.47. The molecule has 2 nitrogen and oxygen atoms in total. The Bertz CT molecular complexity index is 427. The molecule has 0 heterocycles. The van der Waals surface area contributed by atoms with Crippen molar-refractivity contribution in [2.45, 2.75) is 45.1 Å². The molecule has 0 spiro atoms. The maximum atomic E-state index is 6.23. The monoisotopic (exact) mass is 260 g/mol. The van der Waals surface area contributed by atoms with E-state index in [1.165, 1.54) is 24.0 Å². The molecule has 2 unspecified atom stereocenters. The van der Waals surface area contributed by atoms with Crippen molar-refractivity contribution in [2.24, 2.45) is 11.7 Å². The molecule has 2 atom stereocenters. The Balaban J connectivity index is 2.44. The summed E-state index contributed by atoms with van der Waals surface area (Å²) in [7, 11) is 2.24. The second kappa shape index (κ2) is 5.64. The minimum absolute atomic E-state index is 0.0351. The Morgan fingerprint density at radius 1 is 1.37 bits per heavy atom. The molecule has 2 heteroatoms. The summed E-state index contributed by atoms with van der Waals surface area (Å²) in [5.74, 6) is 1.32. The summed E-state index contributed by atoms with van der Waals surface area (Å²) in [5, 5.41) is 0. The highest BCUT2D eigenvalue weighted by molar-refractivity contribution is 5.39. The summed E-state index contributed by atoms with van der Waals surface area (Å²) in [6.45, 7) is 8.69. The molecule has 0 fully saturated rings. The number of likely N-dealkylation sites (N-methyl/N-ethyl adjacent to an activating group) is 1. The molecule has 19 heavy (non-hydrogen) atoms. The van der Waals surface area contributed by atoms with Crippen molar-refractivity contribution in [3.8, 4) is 0 Å². The maximum Gasteiger partial charge on any atom is 0.0584 e. The molecule has 0 radical (unpaired) electrons. The highest BCUT2D eigenvalue weighted by Gasteiger charge is 2.40. The fraction of sp³-hybridized carbons (Fsp3) is 0.647. The average Bonchev–Trinajstić information content (AvgIpc) is 2.39. The van der Waals surface area contributed by atoms with Crippen LogP contribution in [0.2, 0.25) is 0 Å². The predicted molar refractivity (Wildman–Crippen MR) is 82.3 cm³/mol. The van der Waals surface area contributed by atoms with Gasteiger partial charge in [-0.1, -0.05) is 45.0 Å². The van der Waals surface area contributed by atoms with Crippen LogP contribution in [0.3, 0.4) is 0 Å². The lowest BCUT2D eigenvalue weighted by molar-refractivity contribution is 0.0872. The Kier molecular flexibility index (Phi) is 4.32. The van der Waals surface area contributed by atoms with Gasteiger partial charge in [0.1, 0.15) is 0 Å². The van der Waals surface area contributed by atoms with Crippen molar-refractivity contribution >= 4 is 0 Å². The van der Waals surface area contributed by atoms with E-state index in [-0.39, 0.29) is 5.54 Å². The first kappa shape index (κ1) is 14.5. The minimum atomic E-state index is 0.0351. The van der Waals surface area contributed by atoms with E-state index in [0.717, 1.165) is 6.54 Å². The van der Waals surface area contributed by atoms with E-state index >= 15 is 0 Å². The average molecular weight is 260 g/mol. The van der Waals surface area contributed by atoms with Crippen LogP contribution in [0.25, 0.3) is 0 Å². The van der Waals surface area contributed by atoms with Crippen molar-refractivity contribution in [1.82, 2.24) is 4.90 Å². The molecule has 0 aliphatic heterocycles. The van der Waals surface area contributed by atoms with Gasteiger partial charge in [0.25, 0.3) is 0 Å². The number of rotatable bonds is 4. The van der Waals surface area contributed by atoms with Gasteiger partial charge in [0.05, 0.1) is 5.54 Å². The van der Waals surface area contributed by atoms with E-state index < -0.39 is 0 Å². The van der Waals surface area contributed by atoms with Crippen LogP contribution in [-0.4, -0.2) is 25.0 Å². The topological polar surface area (TPSA) is 29.3 Å². The zero-order valence-electron chi connectivity index (χ0n) is 12.8. The zero-order chi connectivity index (χ0) is 14.0. The first-order valence-corrected chi connectivity index (χ1v) is 7.52. The molecule has 0 saturated carbocycles. The van der Waals surface area contributed by atoms with Gasteiger partial charge in [-0.25, -0.2) is 0 Å². The van der Waals surface area contributed by atoms with E-state index in [1.807, 2.05) is 0 Å². The lowest BCUT2D eigenvalue weighted by atomic mass is 9.71. The summed E-state index contributed by atoms with van der Waals surface area (Å²) < 4.78 is 0. The molecule has 1 aliphatic rings. The third-order valence-corrected chi connectivity index (χ3v) is 4.69.